The van der Waals surface area contributed by atoms with Crippen LogP contribution < -0.4 is 19.5 Å². The van der Waals surface area contributed by atoms with Gasteiger partial charge in [0, 0.05) is 17.9 Å². The zero-order valence-electron chi connectivity index (χ0n) is 17.8. The van der Waals surface area contributed by atoms with Crippen LogP contribution in [0.5, 0.6) is 17.2 Å². The van der Waals surface area contributed by atoms with Crippen molar-refractivity contribution in [3.63, 3.8) is 0 Å². The third-order valence-electron chi connectivity index (χ3n) is 5.80. The number of ether oxygens (including phenoxy) is 3. The first-order chi connectivity index (χ1) is 15.8. The number of para-hydroxylation sites is 1. The van der Waals surface area contributed by atoms with Gasteiger partial charge in [-0.2, -0.15) is 0 Å². The van der Waals surface area contributed by atoms with Crippen molar-refractivity contribution in [1.29, 1.82) is 0 Å². The fraction of sp³-hybridized carbons (Fsp3) is 0.269. The summed E-state index contributed by atoms with van der Waals surface area (Å²) in [6.45, 7) is 1.88. The van der Waals surface area contributed by atoms with Crippen molar-refractivity contribution in [2.45, 2.75) is 18.9 Å². The highest BCUT2D eigenvalue weighted by atomic mass is 16.6. The van der Waals surface area contributed by atoms with Crippen LogP contribution in [-0.2, 0) is 4.79 Å². The summed E-state index contributed by atoms with van der Waals surface area (Å²) in [5.74, 6) is 2.19. The number of amides is 1. The number of rotatable bonds is 6. The van der Waals surface area contributed by atoms with E-state index in [0.29, 0.717) is 19.0 Å². The number of hydrogen-bond acceptors (Lipinski definition) is 5. The van der Waals surface area contributed by atoms with Gasteiger partial charge in [-0.15, -0.1) is 0 Å². The Balaban J connectivity index is 1.19. The van der Waals surface area contributed by atoms with E-state index in [4.69, 9.17) is 14.2 Å². The topological polar surface area (TPSA) is 60.0 Å². The van der Waals surface area contributed by atoms with Crippen molar-refractivity contribution in [3.05, 3.63) is 78.4 Å². The normalized spacial score (nSPS) is 17.1. The molecule has 1 fully saturated rings. The molecule has 0 radical (unpaired) electrons. The molecule has 3 aromatic carbocycles. The van der Waals surface area contributed by atoms with Crippen molar-refractivity contribution in [2.75, 3.05) is 31.7 Å². The van der Waals surface area contributed by atoms with E-state index >= 15 is 0 Å². The van der Waals surface area contributed by atoms with Crippen LogP contribution in [0.4, 0.5) is 11.4 Å². The molecule has 1 amide bonds. The van der Waals surface area contributed by atoms with E-state index in [-0.39, 0.29) is 18.6 Å². The van der Waals surface area contributed by atoms with Crippen LogP contribution in [0.3, 0.4) is 0 Å². The Bertz CT molecular complexity index is 1070. The second-order valence-electron chi connectivity index (χ2n) is 7.95. The van der Waals surface area contributed by atoms with Gasteiger partial charge in [-0.05, 0) is 66.9 Å². The van der Waals surface area contributed by atoms with Crippen LogP contribution >= 0.6 is 0 Å². The lowest BCUT2D eigenvalue weighted by Crippen LogP contribution is -2.34. The fourth-order valence-electron chi connectivity index (χ4n) is 4.23. The predicted molar refractivity (Wildman–Crippen MR) is 123 cm³/mol. The Kier molecular flexibility index (Phi) is 5.83. The lowest BCUT2D eigenvalue weighted by Gasteiger charge is -2.26. The first kappa shape index (κ1) is 20.2. The summed E-state index contributed by atoms with van der Waals surface area (Å²) in [5.41, 5.74) is 3.07. The molecule has 6 heteroatoms. The highest BCUT2D eigenvalue weighted by Crippen LogP contribution is 2.38. The van der Waals surface area contributed by atoms with E-state index in [2.05, 4.69) is 5.32 Å². The molecule has 1 N–H and O–H groups in total. The van der Waals surface area contributed by atoms with Crippen LogP contribution in [0.1, 0.15) is 24.4 Å². The molecular formula is C26H26N2O4. The Hall–Kier alpha value is -3.67. The Morgan fingerprint density at radius 2 is 1.69 bits per heavy atom. The number of fused-ring (bicyclic) bond motifs is 1. The van der Waals surface area contributed by atoms with Gasteiger partial charge in [0.05, 0.1) is 6.04 Å². The summed E-state index contributed by atoms with van der Waals surface area (Å²) < 4.78 is 17.1. The molecular weight excluding hydrogens is 404 g/mol. The smallest absolute Gasteiger partial charge is 0.261 e. The number of carbonyl (C=O) groups is 1. The van der Waals surface area contributed by atoms with E-state index in [1.807, 2.05) is 77.7 Å². The van der Waals surface area contributed by atoms with Crippen molar-refractivity contribution < 1.29 is 19.0 Å². The number of nitrogens with one attached hydrogen (secondary N) is 1. The minimum Gasteiger partial charge on any atom is -0.486 e. The highest BCUT2D eigenvalue weighted by Gasteiger charge is 2.31. The van der Waals surface area contributed by atoms with Crippen LogP contribution in [-0.4, -0.2) is 37.2 Å². The number of hydrogen-bond donors (Lipinski definition) is 1. The Morgan fingerprint density at radius 3 is 2.50 bits per heavy atom. The number of benzene rings is 3. The molecule has 6 nitrogen and oxygen atoms in total. The first-order valence-electron chi connectivity index (χ1n) is 11.0. The van der Waals surface area contributed by atoms with E-state index in [1.165, 1.54) is 0 Å². The maximum Gasteiger partial charge on any atom is 0.261 e. The molecule has 164 valence electrons. The molecule has 0 spiro atoms. The number of likely N-dealkylation sites (tertiary alicyclic amines) is 1. The zero-order valence-corrected chi connectivity index (χ0v) is 17.8. The summed E-state index contributed by atoms with van der Waals surface area (Å²) in [5, 5.41) is 3.34. The molecule has 32 heavy (non-hydrogen) atoms. The number of nitrogens with zero attached hydrogens (tertiary/aromatic N) is 1. The third kappa shape index (κ3) is 4.49. The molecule has 0 unspecified atom stereocenters. The van der Waals surface area contributed by atoms with Crippen molar-refractivity contribution >= 4 is 17.3 Å². The molecule has 1 atom stereocenters. The van der Waals surface area contributed by atoms with Gasteiger partial charge in [0.2, 0.25) is 0 Å². The fourth-order valence-corrected chi connectivity index (χ4v) is 4.23. The van der Waals surface area contributed by atoms with Gasteiger partial charge < -0.3 is 24.4 Å². The number of carbonyl (C=O) groups excluding carboxylic acids is 1. The predicted octanol–water partition coefficient (Wildman–Crippen LogP) is 4.94. The molecule has 5 rings (SSSR count). The largest absolute Gasteiger partial charge is 0.486 e. The van der Waals surface area contributed by atoms with Gasteiger partial charge in [0.1, 0.15) is 19.0 Å². The van der Waals surface area contributed by atoms with Crippen LogP contribution in [0.2, 0.25) is 0 Å². The van der Waals surface area contributed by atoms with Gasteiger partial charge in [-0.25, -0.2) is 0 Å². The van der Waals surface area contributed by atoms with E-state index in [1.54, 1.807) is 0 Å². The minimum atomic E-state index is -0.00567. The van der Waals surface area contributed by atoms with E-state index in [0.717, 1.165) is 47.8 Å². The van der Waals surface area contributed by atoms with Gasteiger partial charge >= 0.3 is 0 Å². The second-order valence-corrected chi connectivity index (χ2v) is 7.95. The first-order valence-corrected chi connectivity index (χ1v) is 11.0. The molecule has 2 aliphatic rings. The molecule has 0 aliphatic carbocycles. The lowest BCUT2D eigenvalue weighted by molar-refractivity contribution is -0.134. The molecule has 0 aromatic heterocycles. The lowest BCUT2D eigenvalue weighted by atomic mass is 10.0. The van der Waals surface area contributed by atoms with Gasteiger partial charge in [-0.1, -0.05) is 24.3 Å². The van der Waals surface area contributed by atoms with Crippen molar-refractivity contribution in [1.82, 2.24) is 4.90 Å². The van der Waals surface area contributed by atoms with Gasteiger partial charge in [0.15, 0.2) is 18.1 Å². The van der Waals surface area contributed by atoms with E-state index < -0.39 is 0 Å². The SMILES string of the molecule is O=C(COc1ccc(Nc2ccccc2)cc1)N1CCC[C@H]1c1ccc2c(c1)OCCO2. The van der Waals surface area contributed by atoms with Gasteiger partial charge in [0.25, 0.3) is 5.91 Å². The van der Waals surface area contributed by atoms with Crippen LogP contribution in [0, 0.1) is 0 Å². The second kappa shape index (κ2) is 9.22. The van der Waals surface area contributed by atoms with Crippen LogP contribution in [0.15, 0.2) is 72.8 Å². The third-order valence-corrected chi connectivity index (χ3v) is 5.80. The number of anilines is 2. The average molecular weight is 431 g/mol. The summed E-state index contributed by atoms with van der Waals surface area (Å²) in [4.78, 5) is 14.8. The summed E-state index contributed by atoms with van der Waals surface area (Å²) in [6.07, 6.45) is 1.91. The van der Waals surface area contributed by atoms with E-state index in [9.17, 15) is 4.79 Å². The standard InChI is InChI=1S/C26H26N2O4/c29-26(18-32-22-11-9-21(10-12-22)27-20-5-2-1-3-6-20)28-14-4-7-23(28)19-8-13-24-25(17-19)31-16-15-30-24/h1-3,5-6,8-13,17,23,27H,4,7,14-16,18H2/t23-/m0/s1. The molecule has 0 bridgehead atoms. The van der Waals surface area contributed by atoms with Crippen molar-refractivity contribution in [2.24, 2.45) is 0 Å². The summed E-state index contributed by atoms with van der Waals surface area (Å²) in [6, 6.07) is 23.6. The quantitative estimate of drug-likeness (QED) is 0.600. The molecule has 0 saturated carbocycles. The van der Waals surface area contributed by atoms with Crippen LogP contribution in [0.25, 0.3) is 0 Å². The van der Waals surface area contributed by atoms with Crippen molar-refractivity contribution in [3.8, 4) is 17.2 Å². The van der Waals surface area contributed by atoms with Gasteiger partial charge in [-0.3, -0.25) is 4.79 Å². The summed E-state index contributed by atoms with van der Waals surface area (Å²) in [7, 11) is 0. The Labute approximate surface area is 187 Å². The highest BCUT2D eigenvalue weighted by molar-refractivity contribution is 5.78. The minimum absolute atomic E-state index is 0.00567. The molecule has 2 aliphatic heterocycles. The maximum absolute atomic E-state index is 12.9. The monoisotopic (exact) mass is 430 g/mol. The summed E-state index contributed by atoms with van der Waals surface area (Å²) >= 11 is 0. The molecule has 2 heterocycles. The zero-order chi connectivity index (χ0) is 21.8. The Morgan fingerprint density at radius 1 is 0.938 bits per heavy atom. The average Bonchev–Trinajstić information content (AvgIpc) is 3.34. The molecule has 3 aromatic rings. The molecule has 1 saturated heterocycles. The maximum atomic E-state index is 12.9.